The summed E-state index contributed by atoms with van der Waals surface area (Å²) in [4.78, 5) is 0. The molecule has 0 spiro atoms. The van der Waals surface area contributed by atoms with E-state index in [4.69, 9.17) is 5.84 Å². The van der Waals surface area contributed by atoms with Crippen LogP contribution in [-0.2, 0) is 6.42 Å². The zero-order valence-electron chi connectivity index (χ0n) is 13.1. The molecule has 3 heteroatoms. The molecule has 0 radical (unpaired) electrons. The second kappa shape index (κ2) is 6.73. The third-order valence-corrected chi connectivity index (χ3v) is 4.70. The lowest BCUT2D eigenvalue weighted by Crippen LogP contribution is -2.30. The van der Waals surface area contributed by atoms with Crippen LogP contribution in [0.1, 0.15) is 39.4 Å². The fraction of sp³-hybridized carbons (Fsp3) is 0.333. The molecule has 2 aromatic carbocycles. The third kappa shape index (κ3) is 3.73. The second-order valence-electron chi connectivity index (χ2n) is 5.83. The van der Waals surface area contributed by atoms with E-state index in [9.17, 15) is 0 Å². The molecule has 2 aromatic rings. The number of nitrogens with two attached hydrogens (primary N) is 1. The molecule has 0 saturated carbocycles. The zero-order valence-corrected chi connectivity index (χ0v) is 14.7. The van der Waals surface area contributed by atoms with Crippen molar-refractivity contribution in [1.29, 1.82) is 0 Å². The van der Waals surface area contributed by atoms with Crippen LogP contribution in [0.3, 0.4) is 0 Å². The van der Waals surface area contributed by atoms with Gasteiger partial charge in [-0.05, 0) is 62.4 Å². The van der Waals surface area contributed by atoms with Crippen LogP contribution in [0.5, 0.6) is 0 Å². The van der Waals surface area contributed by atoms with Crippen molar-refractivity contribution in [2.24, 2.45) is 5.84 Å². The molecule has 0 bridgehead atoms. The molecule has 1 atom stereocenters. The van der Waals surface area contributed by atoms with Gasteiger partial charge in [-0.15, -0.1) is 0 Å². The molecule has 2 rings (SSSR count). The highest BCUT2D eigenvalue weighted by Crippen LogP contribution is 2.29. The van der Waals surface area contributed by atoms with Gasteiger partial charge in [-0.1, -0.05) is 51.3 Å². The van der Waals surface area contributed by atoms with E-state index in [2.05, 4.69) is 79.4 Å². The fourth-order valence-corrected chi connectivity index (χ4v) is 3.45. The third-order valence-electron chi connectivity index (χ3n) is 3.98. The molecule has 0 saturated heterocycles. The lowest BCUT2D eigenvalue weighted by Gasteiger charge is -2.21. The predicted molar refractivity (Wildman–Crippen MR) is 93.3 cm³/mol. The van der Waals surface area contributed by atoms with Gasteiger partial charge >= 0.3 is 0 Å². The SMILES string of the molecule is Cc1cc(C)c(CC(NN)c2cc(C)ccc2Br)c(C)c1. The highest BCUT2D eigenvalue weighted by Gasteiger charge is 2.16. The number of benzene rings is 2. The Hall–Kier alpha value is -1.16. The van der Waals surface area contributed by atoms with Crippen LogP contribution in [0.15, 0.2) is 34.8 Å². The predicted octanol–water partition coefficient (Wildman–Crippen LogP) is 4.43. The van der Waals surface area contributed by atoms with Crippen LogP contribution in [0.2, 0.25) is 0 Å². The quantitative estimate of drug-likeness (QED) is 0.634. The van der Waals surface area contributed by atoms with Gasteiger partial charge in [0, 0.05) is 4.47 Å². The Morgan fingerprint density at radius 3 is 2.19 bits per heavy atom. The van der Waals surface area contributed by atoms with Gasteiger partial charge in [0.2, 0.25) is 0 Å². The maximum atomic E-state index is 5.83. The zero-order chi connectivity index (χ0) is 15.6. The number of halogens is 1. The van der Waals surface area contributed by atoms with Crippen molar-refractivity contribution in [2.75, 3.05) is 0 Å². The second-order valence-corrected chi connectivity index (χ2v) is 6.68. The minimum atomic E-state index is 0.0966. The summed E-state index contributed by atoms with van der Waals surface area (Å²) in [6.07, 6.45) is 0.885. The molecule has 0 aliphatic heterocycles. The molecule has 2 nitrogen and oxygen atoms in total. The summed E-state index contributed by atoms with van der Waals surface area (Å²) >= 11 is 3.64. The Morgan fingerprint density at radius 1 is 1.00 bits per heavy atom. The molecule has 0 aliphatic rings. The van der Waals surface area contributed by atoms with E-state index in [1.165, 1.54) is 33.4 Å². The van der Waals surface area contributed by atoms with Crippen LogP contribution in [-0.4, -0.2) is 0 Å². The first-order valence-corrected chi connectivity index (χ1v) is 8.00. The number of hydrazine groups is 1. The first kappa shape index (κ1) is 16.2. The number of hydrogen-bond acceptors (Lipinski definition) is 2. The van der Waals surface area contributed by atoms with E-state index in [1.54, 1.807) is 0 Å². The van der Waals surface area contributed by atoms with E-state index in [1.807, 2.05) is 0 Å². The highest BCUT2D eigenvalue weighted by molar-refractivity contribution is 9.10. The molecule has 0 heterocycles. The van der Waals surface area contributed by atoms with Crippen LogP contribution < -0.4 is 11.3 Å². The number of nitrogens with one attached hydrogen (secondary N) is 1. The Bertz CT molecular complexity index is 627. The molecular formula is C18H23BrN2. The minimum Gasteiger partial charge on any atom is -0.271 e. The maximum Gasteiger partial charge on any atom is 0.0511 e. The van der Waals surface area contributed by atoms with Crippen molar-refractivity contribution >= 4 is 15.9 Å². The van der Waals surface area contributed by atoms with Gasteiger partial charge < -0.3 is 0 Å². The first-order valence-electron chi connectivity index (χ1n) is 7.21. The van der Waals surface area contributed by atoms with Gasteiger partial charge in [-0.25, -0.2) is 0 Å². The van der Waals surface area contributed by atoms with E-state index >= 15 is 0 Å². The molecular weight excluding hydrogens is 324 g/mol. The van der Waals surface area contributed by atoms with E-state index < -0.39 is 0 Å². The largest absolute Gasteiger partial charge is 0.271 e. The summed E-state index contributed by atoms with van der Waals surface area (Å²) < 4.78 is 1.10. The van der Waals surface area contributed by atoms with Crippen molar-refractivity contribution in [3.05, 3.63) is 68.2 Å². The Morgan fingerprint density at radius 2 is 1.62 bits per heavy atom. The first-order chi connectivity index (χ1) is 9.92. The lowest BCUT2D eigenvalue weighted by molar-refractivity contribution is 0.547. The molecule has 21 heavy (non-hydrogen) atoms. The van der Waals surface area contributed by atoms with Crippen molar-refractivity contribution < 1.29 is 0 Å². The summed E-state index contributed by atoms with van der Waals surface area (Å²) in [6.45, 7) is 8.59. The average Bonchev–Trinajstić information content (AvgIpc) is 2.41. The van der Waals surface area contributed by atoms with E-state index in [-0.39, 0.29) is 6.04 Å². The van der Waals surface area contributed by atoms with Gasteiger partial charge in [-0.2, -0.15) is 0 Å². The highest BCUT2D eigenvalue weighted by atomic mass is 79.9. The molecule has 3 N–H and O–H groups in total. The van der Waals surface area contributed by atoms with Crippen LogP contribution >= 0.6 is 15.9 Å². The van der Waals surface area contributed by atoms with Gasteiger partial charge in [-0.3, -0.25) is 11.3 Å². The van der Waals surface area contributed by atoms with Gasteiger partial charge in [0.15, 0.2) is 0 Å². The normalized spacial score (nSPS) is 12.5. The number of aryl methyl sites for hydroxylation is 4. The van der Waals surface area contributed by atoms with Crippen LogP contribution in [0, 0.1) is 27.7 Å². The summed E-state index contributed by atoms with van der Waals surface area (Å²) in [5, 5.41) is 0. The molecule has 0 aliphatic carbocycles. The summed E-state index contributed by atoms with van der Waals surface area (Å²) in [5.74, 6) is 5.83. The smallest absolute Gasteiger partial charge is 0.0511 e. The molecule has 0 aromatic heterocycles. The van der Waals surface area contributed by atoms with Gasteiger partial charge in [0.25, 0.3) is 0 Å². The standard InChI is InChI=1S/C18H23BrN2/c1-11-5-6-17(19)16(9-11)18(21-20)10-15-13(3)7-12(2)8-14(15)4/h5-9,18,21H,10,20H2,1-4H3. The van der Waals surface area contributed by atoms with Gasteiger partial charge in [0.05, 0.1) is 6.04 Å². The molecule has 112 valence electrons. The van der Waals surface area contributed by atoms with E-state index in [0.29, 0.717) is 0 Å². The van der Waals surface area contributed by atoms with Gasteiger partial charge in [0.1, 0.15) is 0 Å². The van der Waals surface area contributed by atoms with Crippen LogP contribution in [0.25, 0.3) is 0 Å². The van der Waals surface area contributed by atoms with Crippen molar-refractivity contribution in [3.63, 3.8) is 0 Å². The topological polar surface area (TPSA) is 38.0 Å². The van der Waals surface area contributed by atoms with Crippen molar-refractivity contribution in [1.82, 2.24) is 5.43 Å². The monoisotopic (exact) mass is 346 g/mol. The summed E-state index contributed by atoms with van der Waals surface area (Å²) in [7, 11) is 0. The summed E-state index contributed by atoms with van der Waals surface area (Å²) in [5.41, 5.74) is 10.8. The van der Waals surface area contributed by atoms with Crippen LogP contribution in [0.4, 0.5) is 0 Å². The van der Waals surface area contributed by atoms with Crippen molar-refractivity contribution in [2.45, 2.75) is 40.2 Å². The number of hydrogen-bond donors (Lipinski definition) is 2. The number of rotatable bonds is 4. The Kier molecular flexibility index (Phi) is 5.20. The molecule has 0 amide bonds. The average molecular weight is 347 g/mol. The fourth-order valence-electron chi connectivity index (χ4n) is 2.92. The van der Waals surface area contributed by atoms with E-state index in [0.717, 1.165) is 10.9 Å². The summed E-state index contributed by atoms with van der Waals surface area (Å²) in [6, 6.07) is 10.9. The minimum absolute atomic E-state index is 0.0966. The Balaban J connectivity index is 2.38. The Labute approximate surface area is 135 Å². The maximum absolute atomic E-state index is 5.83. The lowest BCUT2D eigenvalue weighted by atomic mass is 9.91. The molecule has 0 fully saturated rings. The molecule has 1 unspecified atom stereocenters. The van der Waals surface area contributed by atoms with Crippen molar-refractivity contribution in [3.8, 4) is 0 Å².